The molecule has 2 atom stereocenters. The molecule has 0 aliphatic carbocycles. The molecule has 2 saturated heterocycles. The molecule has 3 rings (SSSR count). The molecule has 2 aliphatic rings. The van der Waals surface area contributed by atoms with Crippen molar-refractivity contribution in [3.63, 3.8) is 0 Å². The van der Waals surface area contributed by atoms with Crippen molar-refractivity contribution in [1.82, 2.24) is 20.1 Å². The second-order valence-corrected chi connectivity index (χ2v) is 5.19. The number of H-pyrrole nitrogens is 1. The normalized spacial score (nSPS) is 29.1. The summed E-state index contributed by atoms with van der Waals surface area (Å²) in [4.78, 5) is 19.4. The lowest BCUT2D eigenvalue weighted by molar-refractivity contribution is 0.171. The van der Waals surface area contributed by atoms with Crippen LogP contribution >= 0.6 is 0 Å². The van der Waals surface area contributed by atoms with Crippen LogP contribution in [0, 0.1) is 0 Å². The van der Waals surface area contributed by atoms with Crippen molar-refractivity contribution in [2.75, 3.05) is 26.7 Å². The molecule has 1 aromatic heterocycles. The van der Waals surface area contributed by atoms with Crippen molar-refractivity contribution in [2.45, 2.75) is 24.9 Å². The minimum absolute atomic E-state index is 0.156. The van der Waals surface area contributed by atoms with Crippen LogP contribution in [0.4, 0.5) is 4.79 Å². The van der Waals surface area contributed by atoms with Gasteiger partial charge in [0.05, 0.1) is 6.04 Å². The molecule has 2 N–H and O–H groups in total. The van der Waals surface area contributed by atoms with Gasteiger partial charge in [-0.25, -0.2) is 4.79 Å². The molecule has 5 heteroatoms. The van der Waals surface area contributed by atoms with E-state index in [1.165, 1.54) is 0 Å². The lowest BCUT2D eigenvalue weighted by atomic mass is 10.1. The van der Waals surface area contributed by atoms with Gasteiger partial charge in [-0.3, -0.25) is 0 Å². The lowest BCUT2D eigenvalue weighted by Gasteiger charge is -2.30. The largest absolute Gasteiger partial charge is 0.363 e. The van der Waals surface area contributed by atoms with Gasteiger partial charge >= 0.3 is 6.03 Å². The number of amides is 2. The average Bonchev–Trinajstić information content (AvgIpc) is 3.01. The smallest absolute Gasteiger partial charge is 0.320 e. The summed E-state index contributed by atoms with van der Waals surface area (Å²) in [5, 5.41) is 3.38. The molecular formula is C13H20N4O. The Labute approximate surface area is 107 Å². The molecular weight excluding hydrogens is 228 g/mol. The van der Waals surface area contributed by atoms with Crippen LogP contribution in [0.25, 0.3) is 0 Å². The molecule has 2 unspecified atom stereocenters. The highest BCUT2D eigenvalue weighted by Crippen LogP contribution is 2.29. The number of nitrogens with one attached hydrogen (secondary N) is 2. The standard InChI is InChI=1S/C13H20N4O/c1-16-12(11-5-3-7-15-11)9-17(13(16)18)10-4-2-6-14-8-10/h3,5,7,10,12,14-15H,2,4,6,8-9H2,1H3. The highest BCUT2D eigenvalue weighted by atomic mass is 16.2. The van der Waals surface area contributed by atoms with Crippen LogP contribution in [0.5, 0.6) is 0 Å². The van der Waals surface area contributed by atoms with Gasteiger partial charge in [-0.15, -0.1) is 0 Å². The van der Waals surface area contributed by atoms with E-state index in [9.17, 15) is 4.79 Å². The zero-order chi connectivity index (χ0) is 12.5. The van der Waals surface area contributed by atoms with Crippen molar-refractivity contribution >= 4 is 6.03 Å². The van der Waals surface area contributed by atoms with E-state index in [-0.39, 0.29) is 12.1 Å². The molecule has 2 fully saturated rings. The Kier molecular flexibility index (Phi) is 2.99. The van der Waals surface area contributed by atoms with E-state index < -0.39 is 0 Å². The van der Waals surface area contributed by atoms with Gasteiger partial charge < -0.3 is 20.1 Å². The number of nitrogens with zero attached hydrogens (tertiary/aromatic N) is 2. The van der Waals surface area contributed by atoms with Gasteiger partial charge in [-0.05, 0) is 31.5 Å². The van der Waals surface area contributed by atoms with Gasteiger partial charge in [0.15, 0.2) is 0 Å². The first-order chi connectivity index (χ1) is 8.77. The first kappa shape index (κ1) is 11.6. The van der Waals surface area contributed by atoms with Crippen LogP contribution in [0.3, 0.4) is 0 Å². The van der Waals surface area contributed by atoms with Crippen LogP contribution in [0.15, 0.2) is 18.3 Å². The Morgan fingerprint density at radius 1 is 1.44 bits per heavy atom. The van der Waals surface area contributed by atoms with Crippen molar-refractivity contribution in [3.8, 4) is 0 Å². The number of aromatic nitrogens is 1. The van der Waals surface area contributed by atoms with Gasteiger partial charge in [0, 0.05) is 38.1 Å². The fourth-order valence-electron chi connectivity index (χ4n) is 2.99. The first-order valence-corrected chi connectivity index (χ1v) is 6.65. The summed E-state index contributed by atoms with van der Waals surface area (Å²) in [5.41, 5.74) is 1.12. The molecule has 18 heavy (non-hydrogen) atoms. The van der Waals surface area contributed by atoms with E-state index in [0.717, 1.165) is 38.2 Å². The summed E-state index contributed by atoms with van der Waals surface area (Å²) in [7, 11) is 1.89. The molecule has 0 aromatic carbocycles. The first-order valence-electron chi connectivity index (χ1n) is 6.65. The Balaban J connectivity index is 1.76. The van der Waals surface area contributed by atoms with Gasteiger partial charge in [0.25, 0.3) is 0 Å². The number of carbonyl (C=O) groups is 1. The van der Waals surface area contributed by atoms with Crippen molar-refractivity contribution < 1.29 is 4.79 Å². The zero-order valence-electron chi connectivity index (χ0n) is 10.7. The maximum Gasteiger partial charge on any atom is 0.320 e. The molecule has 98 valence electrons. The summed E-state index contributed by atoms with van der Waals surface area (Å²) < 4.78 is 0. The Morgan fingerprint density at radius 2 is 2.33 bits per heavy atom. The van der Waals surface area contributed by atoms with Gasteiger partial charge in [0.2, 0.25) is 0 Å². The predicted molar refractivity (Wildman–Crippen MR) is 69.3 cm³/mol. The topological polar surface area (TPSA) is 51.4 Å². The van der Waals surface area contributed by atoms with E-state index in [4.69, 9.17) is 0 Å². The minimum Gasteiger partial charge on any atom is -0.363 e. The molecule has 2 aliphatic heterocycles. The zero-order valence-corrected chi connectivity index (χ0v) is 10.7. The van der Waals surface area contributed by atoms with Crippen LogP contribution in [-0.2, 0) is 0 Å². The van der Waals surface area contributed by atoms with Gasteiger partial charge in [0.1, 0.15) is 0 Å². The van der Waals surface area contributed by atoms with E-state index in [0.29, 0.717) is 6.04 Å². The number of hydrogen-bond acceptors (Lipinski definition) is 2. The lowest BCUT2D eigenvalue weighted by Crippen LogP contribution is -2.47. The Hall–Kier alpha value is -1.49. The average molecular weight is 248 g/mol. The van der Waals surface area contributed by atoms with Crippen LogP contribution in [0.1, 0.15) is 24.6 Å². The van der Waals surface area contributed by atoms with Crippen LogP contribution < -0.4 is 5.32 Å². The SMILES string of the molecule is CN1C(=O)N(C2CCCNC2)CC1c1ccc[nH]1. The molecule has 1 aromatic rings. The number of rotatable bonds is 2. The van der Waals surface area contributed by atoms with Crippen molar-refractivity contribution in [3.05, 3.63) is 24.0 Å². The number of carbonyl (C=O) groups excluding carboxylic acids is 1. The van der Waals surface area contributed by atoms with E-state index in [2.05, 4.69) is 16.4 Å². The number of aromatic amines is 1. The molecule has 5 nitrogen and oxygen atoms in total. The van der Waals surface area contributed by atoms with Crippen LogP contribution in [0.2, 0.25) is 0 Å². The second-order valence-electron chi connectivity index (χ2n) is 5.19. The van der Waals surface area contributed by atoms with E-state index in [1.54, 1.807) is 0 Å². The number of piperidine rings is 1. The fraction of sp³-hybridized carbons (Fsp3) is 0.615. The Bertz CT molecular complexity index is 411. The second kappa shape index (κ2) is 4.65. The third-order valence-corrected chi connectivity index (χ3v) is 4.08. The summed E-state index contributed by atoms with van der Waals surface area (Å²) in [6.07, 6.45) is 4.19. The van der Waals surface area contributed by atoms with Crippen LogP contribution in [-0.4, -0.2) is 53.5 Å². The Morgan fingerprint density at radius 3 is 3.00 bits per heavy atom. The monoisotopic (exact) mass is 248 g/mol. The number of likely N-dealkylation sites (N-methyl/N-ethyl adjacent to an activating group) is 1. The summed E-state index contributed by atoms with van der Waals surface area (Å²) in [6.45, 7) is 2.80. The quantitative estimate of drug-likeness (QED) is 0.825. The molecule has 0 spiro atoms. The molecule has 2 amide bonds. The molecule has 0 saturated carbocycles. The third-order valence-electron chi connectivity index (χ3n) is 4.08. The summed E-state index contributed by atoms with van der Waals surface area (Å²) >= 11 is 0. The molecule has 0 bridgehead atoms. The maximum absolute atomic E-state index is 12.3. The van der Waals surface area contributed by atoms with E-state index in [1.807, 2.05) is 29.1 Å². The minimum atomic E-state index is 0.156. The van der Waals surface area contributed by atoms with E-state index >= 15 is 0 Å². The maximum atomic E-state index is 12.3. The number of urea groups is 1. The highest BCUT2D eigenvalue weighted by molar-refractivity contribution is 5.77. The van der Waals surface area contributed by atoms with Crippen molar-refractivity contribution in [2.24, 2.45) is 0 Å². The number of hydrogen-bond donors (Lipinski definition) is 2. The fourth-order valence-corrected chi connectivity index (χ4v) is 2.99. The van der Waals surface area contributed by atoms with Gasteiger partial charge in [-0.1, -0.05) is 0 Å². The summed E-state index contributed by atoms with van der Waals surface area (Å²) in [6, 6.07) is 4.71. The van der Waals surface area contributed by atoms with Crippen molar-refractivity contribution in [1.29, 1.82) is 0 Å². The molecule has 3 heterocycles. The van der Waals surface area contributed by atoms with Gasteiger partial charge in [-0.2, -0.15) is 0 Å². The highest BCUT2D eigenvalue weighted by Gasteiger charge is 2.39. The molecule has 0 radical (unpaired) electrons. The summed E-state index contributed by atoms with van der Waals surface area (Å²) in [5.74, 6) is 0. The predicted octanol–water partition coefficient (Wildman–Crippen LogP) is 1.18. The third kappa shape index (κ3) is 1.88.